The highest BCUT2D eigenvalue weighted by atomic mass is 28.4. The normalized spacial score (nSPS) is 13.5. The van der Waals surface area contributed by atoms with Crippen LogP contribution in [0.1, 0.15) is 34.1 Å². The Kier molecular flexibility index (Phi) is 7.38. The van der Waals surface area contributed by atoms with Crippen molar-refractivity contribution in [3.05, 3.63) is 12.2 Å². The first-order chi connectivity index (χ1) is 8.32. The average molecular weight is 276 g/mol. The minimum atomic E-state index is -3.03. The van der Waals surface area contributed by atoms with Gasteiger partial charge >= 0.3 is 14.8 Å². The van der Waals surface area contributed by atoms with Gasteiger partial charge in [-0.2, -0.15) is 0 Å². The van der Waals surface area contributed by atoms with Gasteiger partial charge in [0.25, 0.3) is 0 Å². The van der Waals surface area contributed by atoms with Crippen LogP contribution in [0.4, 0.5) is 0 Å². The second-order valence-corrected chi connectivity index (χ2v) is 7.16. The zero-order chi connectivity index (χ0) is 14.3. The SMILES string of the molecule is C=C(C)C(=O)OC(CC)[Si](OC)(OC)OC(C)C. The Balaban J connectivity index is 5.03. The molecule has 1 unspecified atom stereocenters. The summed E-state index contributed by atoms with van der Waals surface area (Å²) in [6.45, 7) is 10.8. The van der Waals surface area contributed by atoms with Gasteiger partial charge in [-0.3, -0.25) is 0 Å². The van der Waals surface area contributed by atoms with Gasteiger partial charge in [-0.1, -0.05) is 13.5 Å². The zero-order valence-electron chi connectivity index (χ0n) is 12.1. The van der Waals surface area contributed by atoms with Crippen LogP contribution < -0.4 is 0 Å². The lowest BCUT2D eigenvalue weighted by Gasteiger charge is -2.33. The molecule has 0 saturated heterocycles. The molecule has 106 valence electrons. The molecule has 0 aromatic carbocycles. The van der Waals surface area contributed by atoms with Crippen LogP contribution in [0.2, 0.25) is 0 Å². The molecular weight excluding hydrogens is 252 g/mol. The second-order valence-electron chi connectivity index (χ2n) is 4.26. The van der Waals surface area contributed by atoms with Crippen molar-refractivity contribution >= 4 is 14.8 Å². The summed E-state index contributed by atoms with van der Waals surface area (Å²) in [5, 5.41) is 0. The Morgan fingerprint density at radius 1 is 1.28 bits per heavy atom. The van der Waals surface area contributed by atoms with Crippen LogP contribution in [-0.2, 0) is 22.8 Å². The molecule has 0 fully saturated rings. The van der Waals surface area contributed by atoms with Gasteiger partial charge in [-0.05, 0) is 27.2 Å². The van der Waals surface area contributed by atoms with Crippen LogP contribution in [0.3, 0.4) is 0 Å². The van der Waals surface area contributed by atoms with Gasteiger partial charge in [0, 0.05) is 25.9 Å². The fraction of sp³-hybridized carbons (Fsp3) is 0.750. The summed E-state index contributed by atoms with van der Waals surface area (Å²) in [7, 11) is -0.0102. The van der Waals surface area contributed by atoms with E-state index in [0.29, 0.717) is 12.0 Å². The predicted molar refractivity (Wildman–Crippen MR) is 71.0 cm³/mol. The number of hydrogen-bond acceptors (Lipinski definition) is 5. The van der Waals surface area contributed by atoms with Crippen LogP contribution >= 0.6 is 0 Å². The van der Waals surface area contributed by atoms with Crippen LogP contribution in [0, 0.1) is 0 Å². The summed E-state index contributed by atoms with van der Waals surface area (Å²) in [5.74, 6) is -0.458. The molecule has 0 amide bonds. The molecule has 6 heteroatoms. The second kappa shape index (κ2) is 7.68. The maximum atomic E-state index is 11.6. The highest BCUT2D eigenvalue weighted by Crippen LogP contribution is 2.21. The smallest absolute Gasteiger partial charge is 0.454 e. The molecule has 0 saturated carbocycles. The van der Waals surface area contributed by atoms with Gasteiger partial charge in [-0.25, -0.2) is 4.79 Å². The van der Waals surface area contributed by atoms with Crippen molar-refractivity contribution in [3.8, 4) is 0 Å². The molecule has 0 N–H and O–H groups in total. The third kappa shape index (κ3) is 4.53. The monoisotopic (exact) mass is 276 g/mol. The van der Waals surface area contributed by atoms with E-state index in [-0.39, 0.29) is 6.10 Å². The summed E-state index contributed by atoms with van der Waals surface area (Å²) in [6, 6.07) is 0. The number of ether oxygens (including phenoxy) is 1. The number of esters is 1. The summed E-state index contributed by atoms with van der Waals surface area (Å²) < 4.78 is 22.0. The van der Waals surface area contributed by atoms with Gasteiger partial charge in [-0.15, -0.1) is 0 Å². The molecule has 0 aliphatic heterocycles. The van der Waals surface area contributed by atoms with Crippen molar-refractivity contribution in [2.75, 3.05) is 14.2 Å². The molecule has 0 bridgehead atoms. The fourth-order valence-corrected chi connectivity index (χ4v) is 3.93. The summed E-state index contributed by atoms with van der Waals surface area (Å²) in [4.78, 5) is 11.6. The highest BCUT2D eigenvalue weighted by molar-refractivity contribution is 6.62. The highest BCUT2D eigenvalue weighted by Gasteiger charge is 2.51. The van der Waals surface area contributed by atoms with Crippen molar-refractivity contribution in [2.45, 2.75) is 45.9 Å². The predicted octanol–water partition coefficient (Wildman–Crippen LogP) is 2.08. The van der Waals surface area contributed by atoms with Gasteiger partial charge in [0.2, 0.25) is 0 Å². The van der Waals surface area contributed by atoms with Crippen LogP contribution in [0.5, 0.6) is 0 Å². The largest absolute Gasteiger partial charge is 0.543 e. The summed E-state index contributed by atoms with van der Waals surface area (Å²) in [6.07, 6.45) is 0.480. The number of hydrogen-bond donors (Lipinski definition) is 0. The molecule has 0 spiro atoms. The number of carbonyl (C=O) groups is 1. The van der Waals surface area contributed by atoms with E-state index < -0.39 is 20.5 Å². The van der Waals surface area contributed by atoms with Crippen molar-refractivity contribution in [3.63, 3.8) is 0 Å². The molecule has 0 rings (SSSR count). The first-order valence-electron chi connectivity index (χ1n) is 5.97. The topological polar surface area (TPSA) is 54.0 Å². The van der Waals surface area contributed by atoms with E-state index in [1.165, 1.54) is 14.2 Å². The molecule has 0 aromatic rings. The van der Waals surface area contributed by atoms with Gasteiger partial charge in [0.05, 0.1) is 0 Å². The molecular formula is C12H24O5Si. The third-order valence-electron chi connectivity index (χ3n) is 2.33. The lowest BCUT2D eigenvalue weighted by atomic mass is 10.4. The number of carbonyl (C=O) groups excluding carboxylic acids is 1. The van der Waals surface area contributed by atoms with Crippen molar-refractivity contribution in [2.24, 2.45) is 0 Å². The minimum Gasteiger partial charge on any atom is -0.454 e. The van der Waals surface area contributed by atoms with E-state index in [1.807, 2.05) is 20.8 Å². The maximum absolute atomic E-state index is 11.6. The average Bonchev–Trinajstić information content (AvgIpc) is 2.32. The molecule has 18 heavy (non-hydrogen) atoms. The minimum absolute atomic E-state index is 0.0749. The van der Waals surface area contributed by atoms with Crippen LogP contribution in [-0.4, -0.2) is 40.8 Å². The quantitative estimate of drug-likeness (QED) is 0.386. The van der Waals surface area contributed by atoms with Gasteiger partial charge in [0.1, 0.15) is 0 Å². The van der Waals surface area contributed by atoms with E-state index in [1.54, 1.807) is 6.92 Å². The molecule has 0 heterocycles. The molecule has 0 aromatic heterocycles. The molecule has 0 aliphatic carbocycles. The first kappa shape index (κ1) is 17.3. The van der Waals surface area contributed by atoms with E-state index in [9.17, 15) is 4.79 Å². The maximum Gasteiger partial charge on any atom is 0.543 e. The Hall–Kier alpha value is -0.693. The van der Waals surface area contributed by atoms with Gasteiger partial charge < -0.3 is 18.0 Å². The van der Waals surface area contributed by atoms with E-state index in [0.717, 1.165) is 0 Å². The molecule has 5 nitrogen and oxygen atoms in total. The van der Waals surface area contributed by atoms with Crippen molar-refractivity contribution < 1.29 is 22.8 Å². The molecule has 1 atom stereocenters. The Bertz CT molecular complexity index is 286. The molecule has 0 aliphatic rings. The van der Waals surface area contributed by atoms with Crippen molar-refractivity contribution in [1.82, 2.24) is 0 Å². The van der Waals surface area contributed by atoms with Crippen LogP contribution in [0.25, 0.3) is 0 Å². The van der Waals surface area contributed by atoms with Crippen LogP contribution in [0.15, 0.2) is 12.2 Å². The Morgan fingerprint density at radius 3 is 2.06 bits per heavy atom. The Labute approximate surface area is 110 Å². The standard InChI is InChI=1S/C12H24O5Si/c1-8-11(16-12(13)9(2)3)18(14-6,15-7)17-10(4)5/h10-11H,2,8H2,1,3-7H3. The van der Waals surface area contributed by atoms with E-state index in [2.05, 4.69) is 6.58 Å². The summed E-state index contributed by atoms with van der Waals surface area (Å²) >= 11 is 0. The molecule has 0 radical (unpaired) electrons. The lowest BCUT2D eigenvalue weighted by molar-refractivity contribution is -0.144. The summed E-state index contributed by atoms with van der Waals surface area (Å²) in [5.41, 5.74) is -0.188. The lowest BCUT2D eigenvalue weighted by Crippen LogP contribution is -2.57. The zero-order valence-corrected chi connectivity index (χ0v) is 13.1. The van der Waals surface area contributed by atoms with E-state index >= 15 is 0 Å². The first-order valence-corrected chi connectivity index (χ1v) is 7.77. The number of rotatable bonds is 8. The van der Waals surface area contributed by atoms with E-state index in [4.69, 9.17) is 18.0 Å². The fourth-order valence-electron chi connectivity index (χ4n) is 1.48. The van der Waals surface area contributed by atoms with Crippen molar-refractivity contribution in [1.29, 1.82) is 0 Å². The Morgan fingerprint density at radius 2 is 1.78 bits per heavy atom. The van der Waals surface area contributed by atoms with Gasteiger partial charge in [0.15, 0.2) is 5.73 Å². The third-order valence-corrected chi connectivity index (χ3v) is 5.58.